The molecule has 0 spiro atoms. The third-order valence-electron chi connectivity index (χ3n) is 6.53. The van der Waals surface area contributed by atoms with Gasteiger partial charge in [-0.1, -0.05) is 12.1 Å². The predicted molar refractivity (Wildman–Crippen MR) is 138 cm³/mol. The number of carbonyl (C=O) groups excluding carboxylic acids is 1. The minimum atomic E-state index is -0.513. The summed E-state index contributed by atoms with van der Waals surface area (Å²) in [4.78, 5) is 15.6. The minimum Gasteiger partial charge on any atom is -0.497 e. The van der Waals surface area contributed by atoms with Crippen LogP contribution >= 0.6 is 0 Å². The van der Waals surface area contributed by atoms with Crippen LogP contribution in [0.3, 0.4) is 0 Å². The monoisotopic (exact) mass is 509 g/mol. The molecular formula is C28H31NO8. The summed E-state index contributed by atoms with van der Waals surface area (Å²) in [5.41, 5.74) is 2.28. The molecule has 1 aliphatic heterocycles. The second kappa shape index (κ2) is 10.8. The molecule has 9 heteroatoms. The van der Waals surface area contributed by atoms with E-state index in [9.17, 15) is 4.79 Å². The first-order valence-corrected chi connectivity index (χ1v) is 11.5. The highest BCUT2D eigenvalue weighted by molar-refractivity contribution is 6.07. The molecule has 3 aromatic rings. The second-order valence-corrected chi connectivity index (χ2v) is 8.25. The normalized spacial score (nSPS) is 16.5. The molecule has 0 aliphatic carbocycles. The highest BCUT2D eigenvalue weighted by atomic mass is 16.5. The standard InChI is InChI=1S/C28H31NO8/c1-31-19-10-8-16(9-11-19)25-24(17-12-20(32-2)26(36-6)21(13-17)33-3)28(30)29(25)18-14-22(34-4)27(37-7)23(15-18)35-5/h8-15,24-25H,1-7H3/t24-,25-/m1/s1. The van der Waals surface area contributed by atoms with E-state index in [2.05, 4.69) is 0 Å². The van der Waals surface area contributed by atoms with E-state index in [1.165, 1.54) is 7.11 Å². The van der Waals surface area contributed by atoms with Crippen LogP contribution in [0.5, 0.6) is 40.2 Å². The van der Waals surface area contributed by atoms with Crippen LogP contribution in [-0.2, 0) is 4.79 Å². The Hall–Kier alpha value is -4.27. The van der Waals surface area contributed by atoms with Gasteiger partial charge in [-0.15, -0.1) is 0 Å². The molecule has 0 unspecified atom stereocenters. The predicted octanol–water partition coefficient (Wildman–Crippen LogP) is 4.62. The zero-order chi connectivity index (χ0) is 26.7. The lowest BCUT2D eigenvalue weighted by molar-refractivity contribution is -0.126. The number of hydrogen-bond donors (Lipinski definition) is 0. The largest absolute Gasteiger partial charge is 0.497 e. The number of benzene rings is 3. The van der Waals surface area contributed by atoms with Crippen LogP contribution in [0.2, 0.25) is 0 Å². The maximum atomic E-state index is 13.9. The summed E-state index contributed by atoms with van der Waals surface area (Å²) < 4.78 is 38.4. The number of β-lactam (4-membered cyclic amide) rings is 1. The quantitative estimate of drug-likeness (QED) is 0.366. The molecule has 3 aromatic carbocycles. The Morgan fingerprint density at radius 1 is 0.568 bits per heavy atom. The van der Waals surface area contributed by atoms with Crippen LogP contribution in [0.1, 0.15) is 23.1 Å². The number of anilines is 1. The average Bonchev–Trinajstić information content (AvgIpc) is 2.94. The van der Waals surface area contributed by atoms with Gasteiger partial charge >= 0.3 is 0 Å². The molecular weight excluding hydrogens is 478 g/mol. The van der Waals surface area contributed by atoms with Gasteiger partial charge in [-0.25, -0.2) is 0 Å². The van der Waals surface area contributed by atoms with Gasteiger partial charge in [0.15, 0.2) is 23.0 Å². The van der Waals surface area contributed by atoms with Crippen molar-refractivity contribution in [3.8, 4) is 40.2 Å². The number of nitrogens with zero attached hydrogens (tertiary/aromatic N) is 1. The van der Waals surface area contributed by atoms with Crippen LogP contribution in [0.4, 0.5) is 5.69 Å². The summed E-state index contributed by atoms with van der Waals surface area (Å²) in [7, 11) is 10.9. The third kappa shape index (κ3) is 4.41. The van der Waals surface area contributed by atoms with Crippen molar-refractivity contribution in [3.63, 3.8) is 0 Å². The van der Waals surface area contributed by atoms with Crippen molar-refractivity contribution < 1.29 is 38.0 Å². The van der Waals surface area contributed by atoms with E-state index in [1.807, 2.05) is 36.4 Å². The number of methoxy groups -OCH3 is 7. The number of rotatable bonds is 10. The van der Waals surface area contributed by atoms with Crippen molar-refractivity contribution in [1.82, 2.24) is 0 Å². The van der Waals surface area contributed by atoms with Gasteiger partial charge in [0.25, 0.3) is 0 Å². The summed E-state index contributed by atoms with van der Waals surface area (Å²) >= 11 is 0. The van der Waals surface area contributed by atoms with E-state index in [0.29, 0.717) is 40.2 Å². The lowest BCUT2D eigenvalue weighted by atomic mass is 9.77. The van der Waals surface area contributed by atoms with Gasteiger partial charge in [-0.2, -0.15) is 0 Å². The number of carbonyl (C=O) groups is 1. The van der Waals surface area contributed by atoms with Crippen molar-refractivity contribution >= 4 is 11.6 Å². The molecule has 4 rings (SSSR count). The fourth-order valence-electron chi connectivity index (χ4n) is 4.73. The van der Waals surface area contributed by atoms with Crippen molar-refractivity contribution in [3.05, 3.63) is 59.7 Å². The number of ether oxygens (including phenoxy) is 7. The van der Waals surface area contributed by atoms with Gasteiger partial charge < -0.3 is 38.1 Å². The fraction of sp³-hybridized carbons (Fsp3) is 0.321. The zero-order valence-corrected chi connectivity index (χ0v) is 22.0. The van der Waals surface area contributed by atoms with Crippen LogP contribution in [0, 0.1) is 0 Å². The van der Waals surface area contributed by atoms with Crippen LogP contribution < -0.4 is 38.1 Å². The van der Waals surface area contributed by atoms with Crippen molar-refractivity contribution in [2.75, 3.05) is 54.7 Å². The molecule has 1 heterocycles. The molecule has 1 amide bonds. The molecule has 0 bridgehead atoms. The average molecular weight is 510 g/mol. The van der Waals surface area contributed by atoms with Gasteiger partial charge in [0, 0.05) is 12.1 Å². The lowest BCUT2D eigenvalue weighted by Crippen LogP contribution is -2.53. The first kappa shape index (κ1) is 25.8. The maximum absolute atomic E-state index is 13.9. The molecule has 0 saturated carbocycles. The van der Waals surface area contributed by atoms with Gasteiger partial charge in [0.1, 0.15) is 5.75 Å². The first-order valence-electron chi connectivity index (χ1n) is 11.5. The van der Waals surface area contributed by atoms with Gasteiger partial charge in [0.2, 0.25) is 17.4 Å². The van der Waals surface area contributed by atoms with E-state index in [-0.39, 0.29) is 11.9 Å². The lowest BCUT2D eigenvalue weighted by Gasteiger charge is -2.48. The Morgan fingerprint density at radius 3 is 1.43 bits per heavy atom. The molecule has 1 aliphatic rings. The summed E-state index contributed by atoms with van der Waals surface area (Å²) in [5.74, 6) is 2.87. The third-order valence-corrected chi connectivity index (χ3v) is 6.53. The summed E-state index contributed by atoms with van der Waals surface area (Å²) in [6.45, 7) is 0. The molecule has 37 heavy (non-hydrogen) atoms. The van der Waals surface area contributed by atoms with E-state index in [1.54, 1.807) is 59.7 Å². The minimum absolute atomic E-state index is 0.107. The zero-order valence-electron chi connectivity index (χ0n) is 22.0. The Labute approximate surface area is 216 Å². The molecule has 0 aromatic heterocycles. The molecule has 196 valence electrons. The molecule has 1 saturated heterocycles. The molecule has 2 atom stereocenters. The SMILES string of the molecule is COc1ccc([C@@H]2[C@@H](c3cc(OC)c(OC)c(OC)c3)C(=O)N2c2cc(OC)c(OC)c(OC)c2)cc1. The maximum Gasteiger partial charge on any atom is 0.237 e. The molecule has 0 N–H and O–H groups in total. The first-order chi connectivity index (χ1) is 18.0. The number of amides is 1. The smallest absolute Gasteiger partial charge is 0.237 e. The Morgan fingerprint density at radius 2 is 1.03 bits per heavy atom. The van der Waals surface area contributed by atoms with Crippen molar-refractivity contribution in [1.29, 1.82) is 0 Å². The highest BCUT2D eigenvalue weighted by Gasteiger charge is 2.50. The van der Waals surface area contributed by atoms with Crippen molar-refractivity contribution in [2.45, 2.75) is 12.0 Å². The second-order valence-electron chi connectivity index (χ2n) is 8.25. The van der Waals surface area contributed by atoms with Crippen molar-refractivity contribution in [2.24, 2.45) is 0 Å². The molecule has 9 nitrogen and oxygen atoms in total. The fourth-order valence-corrected chi connectivity index (χ4v) is 4.73. The van der Waals surface area contributed by atoms with E-state index in [4.69, 9.17) is 33.2 Å². The van der Waals surface area contributed by atoms with E-state index >= 15 is 0 Å². The van der Waals surface area contributed by atoms with E-state index < -0.39 is 5.92 Å². The Bertz CT molecular complexity index is 1150. The van der Waals surface area contributed by atoms with E-state index in [0.717, 1.165) is 16.9 Å². The topological polar surface area (TPSA) is 84.9 Å². The molecule has 1 fully saturated rings. The van der Waals surface area contributed by atoms with Gasteiger partial charge in [-0.3, -0.25) is 4.79 Å². The Kier molecular flexibility index (Phi) is 7.52. The summed E-state index contributed by atoms with van der Waals surface area (Å²) in [6.07, 6.45) is 0. The summed E-state index contributed by atoms with van der Waals surface area (Å²) in [5, 5.41) is 0. The van der Waals surface area contributed by atoms with Gasteiger partial charge in [-0.05, 0) is 35.4 Å². The molecule has 0 radical (unpaired) electrons. The van der Waals surface area contributed by atoms with Crippen LogP contribution in [0.25, 0.3) is 0 Å². The number of hydrogen-bond acceptors (Lipinski definition) is 8. The van der Waals surface area contributed by atoms with Gasteiger partial charge in [0.05, 0.1) is 67.4 Å². The van der Waals surface area contributed by atoms with Crippen LogP contribution in [0.15, 0.2) is 48.5 Å². The summed E-state index contributed by atoms with van der Waals surface area (Å²) in [6, 6.07) is 14.5. The Balaban J connectivity index is 1.87. The highest BCUT2D eigenvalue weighted by Crippen LogP contribution is 2.53. The van der Waals surface area contributed by atoms with Crippen LogP contribution in [-0.4, -0.2) is 55.7 Å².